The number of aliphatic imine (C=N–C) groups is 1. The second-order valence-electron chi connectivity index (χ2n) is 6.18. The van der Waals surface area contributed by atoms with Crippen molar-refractivity contribution >= 4 is 17.3 Å². The molecule has 0 saturated carbocycles. The summed E-state index contributed by atoms with van der Waals surface area (Å²) >= 11 is 0.962. The van der Waals surface area contributed by atoms with Crippen LogP contribution in [0.15, 0.2) is 34.6 Å². The predicted molar refractivity (Wildman–Crippen MR) is 105 cm³/mol. The van der Waals surface area contributed by atoms with E-state index in [1.165, 1.54) is 0 Å². The van der Waals surface area contributed by atoms with E-state index in [4.69, 9.17) is 4.74 Å². The molecule has 10 heteroatoms. The average Bonchev–Trinajstić information content (AvgIpc) is 3.14. The normalized spacial score (nSPS) is 13.5. The molecule has 1 heterocycles. The van der Waals surface area contributed by atoms with E-state index in [1.807, 2.05) is 38.4 Å². The number of nitrogens with zero attached hydrogens (tertiary/aromatic N) is 3. The number of halogens is 3. The maximum Gasteiger partial charge on any atom is 0.434 e. The topological polar surface area (TPSA) is 61.8 Å². The van der Waals surface area contributed by atoms with E-state index in [2.05, 4.69) is 25.5 Å². The molecule has 0 aliphatic carbocycles. The van der Waals surface area contributed by atoms with Gasteiger partial charge < -0.3 is 20.3 Å². The van der Waals surface area contributed by atoms with Gasteiger partial charge in [-0.15, -0.1) is 11.3 Å². The zero-order valence-electron chi connectivity index (χ0n) is 16.2. The summed E-state index contributed by atoms with van der Waals surface area (Å²) < 4.78 is 43.1. The first-order valence-corrected chi connectivity index (χ1v) is 9.39. The lowest BCUT2D eigenvalue weighted by atomic mass is 10.1. The molecular weight excluding hydrogens is 391 g/mol. The summed E-state index contributed by atoms with van der Waals surface area (Å²) in [5, 5.41) is 7.56. The average molecular weight is 415 g/mol. The van der Waals surface area contributed by atoms with Crippen molar-refractivity contribution in [3.05, 3.63) is 45.9 Å². The molecule has 2 aromatic rings. The molecule has 1 unspecified atom stereocenters. The zero-order valence-corrected chi connectivity index (χ0v) is 17.0. The van der Waals surface area contributed by atoms with Crippen molar-refractivity contribution in [3.63, 3.8) is 0 Å². The summed E-state index contributed by atoms with van der Waals surface area (Å²) in [6.07, 6.45) is -4.42. The Morgan fingerprint density at radius 1 is 1.25 bits per heavy atom. The van der Waals surface area contributed by atoms with Gasteiger partial charge in [-0.05, 0) is 31.8 Å². The Bertz CT molecular complexity index is 774. The number of alkyl halides is 3. The van der Waals surface area contributed by atoms with Gasteiger partial charge in [0, 0.05) is 19.0 Å². The van der Waals surface area contributed by atoms with Crippen LogP contribution in [0.3, 0.4) is 0 Å². The first-order valence-electron chi connectivity index (χ1n) is 8.51. The van der Waals surface area contributed by atoms with Crippen LogP contribution in [0.5, 0.6) is 5.75 Å². The minimum atomic E-state index is -4.42. The van der Waals surface area contributed by atoms with Crippen LogP contribution < -0.4 is 15.4 Å². The van der Waals surface area contributed by atoms with Crippen LogP contribution in [-0.4, -0.2) is 50.6 Å². The molecule has 0 fully saturated rings. The van der Waals surface area contributed by atoms with Gasteiger partial charge in [-0.2, -0.15) is 13.2 Å². The fraction of sp³-hybridized carbons (Fsp3) is 0.444. The van der Waals surface area contributed by atoms with Gasteiger partial charge in [-0.3, -0.25) is 4.99 Å². The Morgan fingerprint density at radius 3 is 2.43 bits per heavy atom. The molecule has 0 bridgehead atoms. The predicted octanol–water partition coefficient (Wildman–Crippen LogP) is 3.14. The summed E-state index contributed by atoms with van der Waals surface area (Å²) in [5.74, 6) is 1.28. The first kappa shape index (κ1) is 22.0. The van der Waals surface area contributed by atoms with Crippen LogP contribution in [0, 0.1) is 0 Å². The van der Waals surface area contributed by atoms with E-state index >= 15 is 0 Å². The summed E-state index contributed by atoms with van der Waals surface area (Å²) in [6.45, 7) is 0.722. The van der Waals surface area contributed by atoms with Crippen molar-refractivity contribution in [1.29, 1.82) is 0 Å². The van der Waals surface area contributed by atoms with Crippen LogP contribution in [0.4, 0.5) is 13.2 Å². The fourth-order valence-corrected chi connectivity index (χ4v) is 3.26. The van der Waals surface area contributed by atoms with Gasteiger partial charge in [-0.25, -0.2) is 4.98 Å². The van der Waals surface area contributed by atoms with E-state index in [0.29, 0.717) is 17.5 Å². The minimum Gasteiger partial charge on any atom is -0.497 e. The smallest absolute Gasteiger partial charge is 0.434 e. The van der Waals surface area contributed by atoms with Gasteiger partial charge in [0.1, 0.15) is 10.8 Å². The van der Waals surface area contributed by atoms with Gasteiger partial charge in [0.15, 0.2) is 11.7 Å². The van der Waals surface area contributed by atoms with Gasteiger partial charge in [0.05, 0.1) is 19.7 Å². The van der Waals surface area contributed by atoms with Gasteiger partial charge >= 0.3 is 6.18 Å². The zero-order chi connectivity index (χ0) is 20.7. The highest BCUT2D eigenvalue weighted by molar-refractivity contribution is 7.09. The van der Waals surface area contributed by atoms with Crippen molar-refractivity contribution < 1.29 is 17.9 Å². The van der Waals surface area contributed by atoms with Crippen molar-refractivity contribution in [2.75, 3.05) is 34.8 Å². The van der Waals surface area contributed by atoms with E-state index in [0.717, 1.165) is 28.0 Å². The number of rotatable bonds is 7. The number of methoxy groups -OCH3 is 1. The molecule has 1 atom stereocenters. The molecular formula is C18H24F3N5OS. The molecule has 0 aliphatic heterocycles. The molecule has 0 spiro atoms. The Kier molecular flexibility index (Phi) is 7.64. The SMILES string of the molecule is CN=C(NCc1nc(C(F)(F)F)cs1)NCC(c1ccc(OC)cc1)N(C)C. The highest BCUT2D eigenvalue weighted by atomic mass is 32.1. The number of benzene rings is 1. The maximum absolute atomic E-state index is 12.6. The Labute approximate surface area is 166 Å². The Balaban J connectivity index is 1.94. The van der Waals surface area contributed by atoms with Crippen molar-refractivity contribution in [1.82, 2.24) is 20.5 Å². The molecule has 2 rings (SSSR count). The summed E-state index contributed by atoms with van der Waals surface area (Å²) in [4.78, 5) is 9.79. The quantitative estimate of drug-likeness (QED) is 0.537. The number of ether oxygens (including phenoxy) is 1. The van der Waals surface area contributed by atoms with Crippen molar-refractivity contribution in [2.24, 2.45) is 4.99 Å². The minimum absolute atomic E-state index is 0.0705. The highest BCUT2D eigenvalue weighted by Gasteiger charge is 2.33. The standard InChI is InChI=1S/C18H24F3N5OS/c1-22-17(24-10-16-25-15(11-28-16)18(19,20)21)23-9-14(26(2)3)12-5-7-13(27-4)8-6-12/h5-8,11,14H,9-10H2,1-4H3,(H2,22,23,24). The molecule has 0 radical (unpaired) electrons. The number of hydrogen-bond donors (Lipinski definition) is 2. The van der Waals surface area contributed by atoms with Crippen molar-refractivity contribution in [3.8, 4) is 5.75 Å². The van der Waals surface area contributed by atoms with Crippen molar-refractivity contribution in [2.45, 2.75) is 18.8 Å². The maximum atomic E-state index is 12.6. The largest absolute Gasteiger partial charge is 0.497 e. The van der Waals surface area contributed by atoms with E-state index < -0.39 is 11.9 Å². The highest BCUT2D eigenvalue weighted by Crippen LogP contribution is 2.29. The molecule has 28 heavy (non-hydrogen) atoms. The van der Waals surface area contributed by atoms with Crippen LogP contribution in [0.25, 0.3) is 0 Å². The number of guanidine groups is 1. The molecule has 0 saturated heterocycles. The molecule has 154 valence electrons. The van der Waals surface area contributed by atoms with E-state index in [9.17, 15) is 13.2 Å². The molecule has 2 N–H and O–H groups in total. The summed E-state index contributed by atoms with van der Waals surface area (Å²) in [6, 6.07) is 7.87. The fourth-order valence-electron chi connectivity index (χ4n) is 2.52. The number of thiazole rings is 1. The molecule has 1 aromatic carbocycles. The monoisotopic (exact) mass is 415 g/mol. The second-order valence-corrected chi connectivity index (χ2v) is 7.13. The van der Waals surface area contributed by atoms with Crippen LogP contribution in [0.1, 0.15) is 22.3 Å². The molecule has 1 aromatic heterocycles. The third kappa shape index (κ3) is 6.10. The lowest BCUT2D eigenvalue weighted by molar-refractivity contribution is -0.140. The second kappa shape index (κ2) is 9.74. The van der Waals surface area contributed by atoms with Gasteiger partial charge in [0.2, 0.25) is 0 Å². The van der Waals surface area contributed by atoms with Gasteiger partial charge in [0.25, 0.3) is 0 Å². The number of nitrogens with one attached hydrogen (secondary N) is 2. The number of aromatic nitrogens is 1. The van der Waals surface area contributed by atoms with Crippen LogP contribution in [0.2, 0.25) is 0 Å². The van der Waals surface area contributed by atoms with E-state index in [-0.39, 0.29) is 12.6 Å². The third-order valence-corrected chi connectivity index (χ3v) is 4.91. The molecule has 0 amide bonds. The number of hydrogen-bond acceptors (Lipinski definition) is 5. The summed E-state index contributed by atoms with van der Waals surface area (Å²) in [5.41, 5.74) is 0.230. The van der Waals surface area contributed by atoms with Crippen LogP contribution >= 0.6 is 11.3 Å². The third-order valence-electron chi connectivity index (χ3n) is 4.06. The Morgan fingerprint density at radius 2 is 1.93 bits per heavy atom. The van der Waals surface area contributed by atoms with E-state index in [1.54, 1.807) is 14.2 Å². The molecule has 0 aliphatic rings. The van der Waals surface area contributed by atoms with Gasteiger partial charge in [-0.1, -0.05) is 12.1 Å². The lowest BCUT2D eigenvalue weighted by Crippen LogP contribution is -2.41. The number of likely N-dealkylation sites (N-methyl/N-ethyl adjacent to an activating group) is 1. The Hall–Kier alpha value is -2.33. The first-order chi connectivity index (χ1) is 13.2. The van der Waals surface area contributed by atoms with Crippen LogP contribution in [-0.2, 0) is 12.7 Å². The lowest BCUT2D eigenvalue weighted by Gasteiger charge is -2.26. The molecule has 6 nitrogen and oxygen atoms in total. The summed E-state index contributed by atoms with van der Waals surface area (Å²) in [7, 11) is 7.17.